The molecular formula is C25H33N3O5S. The van der Waals surface area contributed by atoms with E-state index in [0.717, 1.165) is 24.8 Å². The van der Waals surface area contributed by atoms with E-state index in [1.807, 2.05) is 13.0 Å². The molecule has 2 amide bonds. The Balaban J connectivity index is 1.67. The molecule has 1 saturated heterocycles. The minimum atomic E-state index is -3.80. The molecule has 0 radical (unpaired) electrons. The van der Waals surface area contributed by atoms with Crippen molar-refractivity contribution in [1.29, 1.82) is 0 Å². The van der Waals surface area contributed by atoms with Gasteiger partial charge in [-0.2, -0.15) is 0 Å². The van der Waals surface area contributed by atoms with Gasteiger partial charge in [-0.15, -0.1) is 0 Å². The van der Waals surface area contributed by atoms with Crippen molar-refractivity contribution in [3.63, 3.8) is 0 Å². The van der Waals surface area contributed by atoms with Gasteiger partial charge in [0.25, 0.3) is 15.9 Å². The van der Waals surface area contributed by atoms with E-state index in [4.69, 9.17) is 4.74 Å². The molecule has 0 saturated carbocycles. The summed E-state index contributed by atoms with van der Waals surface area (Å²) in [6.45, 7) is 5.68. The molecule has 8 nitrogen and oxygen atoms in total. The molecule has 34 heavy (non-hydrogen) atoms. The lowest BCUT2D eigenvalue weighted by molar-refractivity contribution is -0.126. The van der Waals surface area contributed by atoms with Gasteiger partial charge in [0.1, 0.15) is 0 Å². The number of sulfonamides is 1. The Bertz CT molecular complexity index is 1130. The molecule has 2 aromatic carbocycles. The predicted octanol–water partition coefficient (Wildman–Crippen LogP) is 3.11. The highest BCUT2D eigenvalue weighted by molar-refractivity contribution is 7.92. The zero-order valence-corrected chi connectivity index (χ0v) is 20.8. The Morgan fingerprint density at radius 3 is 2.68 bits per heavy atom. The lowest BCUT2D eigenvalue weighted by atomic mass is 9.96. The largest absolute Gasteiger partial charge is 0.385 e. The van der Waals surface area contributed by atoms with E-state index in [1.165, 1.54) is 6.07 Å². The Morgan fingerprint density at radius 2 is 1.94 bits per heavy atom. The van der Waals surface area contributed by atoms with Crippen LogP contribution in [0, 0.1) is 19.8 Å². The van der Waals surface area contributed by atoms with Gasteiger partial charge >= 0.3 is 0 Å². The molecule has 1 aliphatic rings. The van der Waals surface area contributed by atoms with E-state index >= 15 is 0 Å². The van der Waals surface area contributed by atoms with Crippen LogP contribution in [-0.2, 0) is 19.6 Å². The van der Waals surface area contributed by atoms with Crippen molar-refractivity contribution in [3.8, 4) is 0 Å². The first kappa shape index (κ1) is 25.7. The van der Waals surface area contributed by atoms with Crippen LogP contribution in [0.2, 0.25) is 0 Å². The van der Waals surface area contributed by atoms with E-state index < -0.39 is 10.0 Å². The van der Waals surface area contributed by atoms with Crippen molar-refractivity contribution in [1.82, 2.24) is 10.2 Å². The number of carbonyl (C=O) groups is 2. The van der Waals surface area contributed by atoms with Crippen molar-refractivity contribution in [2.75, 3.05) is 38.1 Å². The molecule has 0 bridgehead atoms. The highest BCUT2D eigenvalue weighted by Crippen LogP contribution is 2.23. The number of piperidine rings is 1. The summed E-state index contributed by atoms with van der Waals surface area (Å²) >= 11 is 0. The Hall–Kier alpha value is -2.91. The van der Waals surface area contributed by atoms with E-state index in [-0.39, 0.29) is 22.6 Å². The van der Waals surface area contributed by atoms with Gasteiger partial charge in [0.2, 0.25) is 5.91 Å². The van der Waals surface area contributed by atoms with Crippen molar-refractivity contribution in [3.05, 3.63) is 59.2 Å². The molecule has 0 aromatic heterocycles. The zero-order chi connectivity index (χ0) is 24.7. The number of hydrogen-bond acceptors (Lipinski definition) is 5. The number of nitrogens with zero attached hydrogens (tertiary/aromatic N) is 1. The lowest BCUT2D eigenvalue weighted by Crippen LogP contribution is -2.45. The first-order chi connectivity index (χ1) is 16.2. The highest BCUT2D eigenvalue weighted by Gasteiger charge is 2.29. The third-order valence-corrected chi connectivity index (χ3v) is 7.43. The fourth-order valence-corrected chi connectivity index (χ4v) is 5.43. The second-order valence-corrected chi connectivity index (χ2v) is 10.3. The van der Waals surface area contributed by atoms with E-state index in [0.29, 0.717) is 43.1 Å². The summed E-state index contributed by atoms with van der Waals surface area (Å²) in [4.78, 5) is 27.5. The molecule has 0 aliphatic carbocycles. The summed E-state index contributed by atoms with van der Waals surface area (Å²) < 4.78 is 33.4. The monoisotopic (exact) mass is 487 g/mol. The average Bonchev–Trinajstić information content (AvgIpc) is 2.81. The van der Waals surface area contributed by atoms with Gasteiger partial charge < -0.3 is 15.0 Å². The molecular weight excluding hydrogens is 454 g/mol. The summed E-state index contributed by atoms with van der Waals surface area (Å²) in [6, 6.07) is 11.6. The van der Waals surface area contributed by atoms with Gasteiger partial charge in [0.05, 0.1) is 10.8 Å². The summed E-state index contributed by atoms with van der Waals surface area (Å²) in [5.74, 6) is -0.528. The molecule has 1 atom stereocenters. The van der Waals surface area contributed by atoms with Crippen LogP contribution >= 0.6 is 0 Å². The van der Waals surface area contributed by atoms with Crippen molar-refractivity contribution in [2.24, 2.45) is 5.92 Å². The molecule has 0 spiro atoms. The molecule has 1 aliphatic heterocycles. The molecule has 1 unspecified atom stereocenters. The second-order valence-electron chi connectivity index (χ2n) is 8.68. The van der Waals surface area contributed by atoms with Gasteiger partial charge in [0.15, 0.2) is 0 Å². The summed E-state index contributed by atoms with van der Waals surface area (Å²) in [5.41, 5.74) is 2.32. The molecule has 1 heterocycles. The van der Waals surface area contributed by atoms with Gasteiger partial charge in [-0.3, -0.25) is 14.3 Å². The quantitative estimate of drug-likeness (QED) is 0.529. The molecule has 2 N–H and O–H groups in total. The molecule has 1 fully saturated rings. The number of carbonyl (C=O) groups excluding carboxylic acids is 2. The summed E-state index contributed by atoms with van der Waals surface area (Å²) in [6.07, 6.45) is 2.21. The maximum atomic E-state index is 13.1. The number of ether oxygens (including phenoxy) is 1. The minimum Gasteiger partial charge on any atom is -0.385 e. The summed E-state index contributed by atoms with van der Waals surface area (Å²) in [7, 11) is -2.18. The van der Waals surface area contributed by atoms with Crippen LogP contribution in [0.15, 0.2) is 47.4 Å². The van der Waals surface area contributed by atoms with Gasteiger partial charge in [0, 0.05) is 44.6 Å². The first-order valence-electron chi connectivity index (χ1n) is 11.5. The number of aryl methyl sites for hydroxylation is 2. The van der Waals surface area contributed by atoms with Gasteiger partial charge in [-0.25, -0.2) is 8.42 Å². The number of benzene rings is 2. The Kier molecular flexibility index (Phi) is 8.68. The lowest BCUT2D eigenvalue weighted by Gasteiger charge is -2.32. The Morgan fingerprint density at radius 1 is 1.15 bits per heavy atom. The minimum absolute atomic E-state index is 0.0522. The van der Waals surface area contributed by atoms with Crippen LogP contribution in [0.4, 0.5) is 5.69 Å². The maximum Gasteiger partial charge on any atom is 0.262 e. The van der Waals surface area contributed by atoms with Crippen LogP contribution < -0.4 is 10.0 Å². The third kappa shape index (κ3) is 6.57. The van der Waals surface area contributed by atoms with E-state index in [1.54, 1.807) is 49.3 Å². The van der Waals surface area contributed by atoms with Crippen molar-refractivity contribution in [2.45, 2.75) is 38.0 Å². The van der Waals surface area contributed by atoms with Crippen LogP contribution in [0.5, 0.6) is 0 Å². The van der Waals surface area contributed by atoms with Crippen LogP contribution in [0.25, 0.3) is 0 Å². The van der Waals surface area contributed by atoms with E-state index in [9.17, 15) is 18.0 Å². The van der Waals surface area contributed by atoms with Crippen molar-refractivity contribution >= 4 is 27.5 Å². The van der Waals surface area contributed by atoms with Gasteiger partial charge in [-0.05, 0) is 62.9 Å². The molecule has 184 valence electrons. The number of hydrogen-bond donors (Lipinski definition) is 2. The van der Waals surface area contributed by atoms with Gasteiger partial charge in [-0.1, -0.05) is 23.8 Å². The number of methoxy groups -OCH3 is 1. The standard InChI is InChI=1S/C25H33N3O5S/c1-18-10-11-23(19(2)15-18)34(31,32)27-22-9-4-7-20(16-22)25(30)28-13-5-8-21(17-28)24(29)26-12-6-14-33-3/h4,7,9-11,15-16,21,27H,5-6,8,12-14,17H2,1-3H3,(H,26,29). The SMILES string of the molecule is COCCCNC(=O)C1CCCN(C(=O)c2cccc(NS(=O)(=O)c3ccc(C)cc3C)c2)C1. The predicted molar refractivity (Wildman–Crippen MR) is 131 cm³/mol. The maximum absolute atomic E-state index is 13.1. The van der Waals surface area contributed by atoms with E-state index in [2.05, 4.69) is 10.0 Å². The second kappa shape index (κ2) is 11.5. The number of rotatable bonds is 9. The normalized spacial score (nSPS) is 16.2. The summed E-state index contributed by atoms with van der Waals surface area (Å²) in [5, 5.41) is 2.91. The Labute approximate surface area is 201 Å². The fraction of sp³-hybridized carbons (Fsp3) is 0.440. The zero-order valence-electron chi connectivity index (χ0n) is 20.0. The number of amides is 2. The smallest absolute Gasteiger partial charge is 0.262 e. The first-order valence-corrected chi connectivity index (χ1v) is 13.0. The van der Waals surface area contributed by atoms with Crippen molar-refractivity contribution < 1.29 is 22.7 Å². The number of anilines is 1. The van der Waals surface area contributed by atoms with Crippen LogP contribution in [-0.4, -0.2) is 58.5 Å². The van der Waals surface area contributed by atoms with Crippen LogP contribution in [0.3, 0.4) is 0 Å². The number of nitrogens with one attached hydrogen (secondary N) is 2. The highest BCUT2D eigenvalue weighted by atomic mass is 32.2. The fourth-order valence-electron chi connectivity index (χ4n) is 4.16. The number of likely N-dealkylation sites (tertiary alicyclic amines) is 1. The van der Waals surface area contributed by atoms with Crippen LogP contribution in [0.1, 0.15) is 40.7 Å². The third-order valence-electron chi connectivity index (χ3n) is 5.89. The molecule has 9 heteroatoms. The average molecular weight is 488 g/mol. The topological polar surface area (TPSA) is 105 Å². The molecule has 3 rings (SSSR count). The molecule has 2 aromatic rings.